The fourth-order valence-corrected chi connectivity index (χ4v) is 3.60. The number of nitrogens with zero attached hydrogens (tertiary/aromatic N) is 3. The number of methoxy groups -OCH3 is 1. The van der Waals surface area contributed by atoms with Crippen molar-refractivity contribution in [3.05, 3.63) is 76.0 Å². The van der Waals surface area contributed by atoms with Crippen LogP contribution >= 0.6 is 12.4 Å². The Hall–Kier alpha value is -3.39. The number of aryl methyl sites for hydroxylation is 1. The molecular formula is C23H28ClN5O3. The third kappa shape index (κ3) is 5.26. The van der Waals surface area contributed by atoms with Gasteiger partial charge in [-0.15, -0.1) is 17.5 Å². The second-order valence-electron chi connectivity index (χ2n) is 7.42. The second kappa shape index (κ2) is 10.8. The van der Waals surface area contributed by atoms with Crippen molar-refractivity contribution in [2.24, 2.45) is 11.7 Å². The van der Waals surface area contributed by atoms with Crippen LogP contribution in [0.5, 0.6) is 0 Å². The molecule has 0 saturated heterocycles. The Labute approximate surface area is 192 Å². The SMILES string of the molecule is CCCC(Cc1ccc(-n2c(C)nn(-c3ccc(C(=N)N)cc3)c2=O)cc1)C(=O)OC.Cl. The van der Waals surface area contributed by atoms with Gasteiger partial charge in [0, 0.05) is 5.56 Å². The summed E-state index contributed by atoms with van der Waals surface area (Å²) < 4.78 is 7.77. The Kier molecular flexibility index (Phi) is 8.37. The monoisotopic (exact) mass is 457 g/mol. The molecule has 3 aromatic rings. The van der Waals surface area contributed by atoms with E-state index >= 15 is 0 Å². The van der Waals surface area contributed by atoms with E-state index in [1.54, 1.807) is 31.2 Å². The predicted molar refractivity (Wildman–Crippen MR) is 126 cm³/mol. The number of nitrogens with two attached hydrogens (primary N) is 1. The van der Waals surface area contributed by atoms with Crippen molar-refractivity contribution in [1.29, 1.82) is 5.41 Å². The Morgan fingerprint density at radius 2 is 1.72 bits per heavy atom. The van der Waals surface area contributed by atoms with E-state index in [4.69, 9.17) is 15.9 Å². The lowest BCUT2D eigenvalue weighted by molar-refractivity contribution is -0.145. The Morgan fingerprint density at radius 1 is 1.12 bits per heavy atom. The van der Waals surface area contributed by atoms with E-state index in [-0.39, 0.29) is 35.8 Å². The van der Waals surface area contributed by atoms with Crippen molar-refractivity contribution >= 4 is 24.2 Å². The van der Waals surface area contributed by atoms with Crippen LogP contribution in [0.1, 0.15) is 36.7 Å². The summed E-state index contributed by atoms with van der Waals surface area (Å²) >= 11 is 0. The number of nitrogens with one attached hydrogen (secondary N) is 1. The molecule has 0 aliphatic heterocycles. The standard InChI is InChI=1S/C23H27N5O3.ClH/c1-4-5-18(22(29)31-3)14-16-6-10-19(11-7-16)27-15(2)26-28(23(27)30)20-12-8-17(9-13-20)21(24)25;/h6-13,18H,4-5,14H2,1-3H3,(H3,24,25);1H. The molecule has 3 N–H and O–H groups in total. The van der Waals surface area contributed by atoms with Gasteiger partial charge in [0.2, 0.25) is 0 Å². The first kappa shape index (κ1) is 24.9. The number of esters is 1. The number of nitrogen functional groups attached to an aromatic ring is 1. The summed E-state index contributed by atoms with van der Waals surface area (Å²) in [6.07, 6.45) is 2.26. The number of amidine groups is 1. The van der Waals surface area contributed by atoms with Crippen LogP contribution in [0.3, 0.4) is 0 Å². The van der Waals surface area contributed by atoms with Gasteiger partial charge in [0.05, 0.1) is 24.4 Å². The van der Waals surface area contributed by atoms with Gasteiger partial charge in [-0.3, -0.25) is 10.2 Å². The third-order valence-electron chi connectivity index (χ3n) is 5.21. The van der Waals surface area contributed by atoms with Gasteiger partial charge in [0.15, 0.2) is 0 Å². The molecule has 1 aromatic heterocycles. The van der Waals surface area contributed by atoms with Crippen molar-refractivity contribution in [2.75, 3.05) is 7.11 Å². The van der Waals surface area contributed by atoms with Crippen LogP contribution in [-0.4, -0.2) is 33.3 Å². The lowest BCUT2D eigenvalue weighted by Gasteiger charge is -2.14. The lowest BCUT2D eigenvalue weighted by Crippen LogP contribution is -2.23. The number of ether oxygens (including phenoxy) is 1. The first-order chi connectivity index (χ1) is 14.8. The summed E-state index contributed by atoms with van der Waals surface area (Å²) in [5.41, 5.74) is 8.07. The molecule has 1 unspecified atom stereocenters. The van der Waals surface area contributed by atoms with Gasteiger partial charge in [-0.25, -0.2) is 9.36 Å². The molecular weight excluding hydrogens is 430 g/mol. The number of aromatic nitrogens is 3. The van der Waals surface area contributed by atoms with Gasteiger partial charge in [-0.05, 0) is 61.7 Å². The minimum atomic E-state index is -0.292. The van der Waals surface area contributed by atoms with Gasteiger partial charge >= 0.3 is 11.7 Å². The van der Waals surface area contributed by atoms with Gasteiger partial charge in [0.25, 0.3) is 0 Å². The van der Waals surface area contributed by atoms with Gasteiger partial charge in [-0.2, -0.15) is 4.68 Å². The number of halogens is 1. The molecule has 0 fully saturated rings. The van der Waals surface area contributed by atoms with E-state index in [1.165, 1.54) is 16.4 Å². The molecule has 0 amide bonds. The summed E-state index contributed by atoms with van der Waals surface area (Å²) in [4.78, 5) is 25.0. The minimum Gasteiger partial charge on any atom is -0.469 e. The van der Waals surface area contributed by atoms with Gasteiger partial charge in [0.1, 0.15) is 11.7 Å². The summed E-state index contributed by atoms with van der Waals surface area (Å²) in [5, 5.41) is 11.9. The molecule has 0 spiro atoms. The highest BCUT2D eigenvalue weighted by atomic mass is 35.5. The Balaban J connectivity index is 0.00000363. The van der Waals surface area contributed by atoms with Crippen molar-refractivity contribution in [3.63, 3.8) is 0 Å². The van der Waals surface area contributed by atoms with E-state index in [2.05, 4.69) is 5.10 Å². The highest BCUT2D eigenvalue weighted by Crippen LogP contribution is 2.18. The van der Waals surface area contributed by atoms with E-state index in [0.717, 1.165) is 18.4 Å². The van der Waals surface area contributed by atoms with E-state index < -0.39 is 0 Å². The zero-order valence-electron chi connectivity index (χ0n) is 18.4. The molecule has 0 aliphatic carbocycles. The molecule has 1 heterocycles. The molecule has 2 aromatic carbocycles. The molecule has 3 rings (SSSR count). The van der Waals surface area contributed by atoms with Crippen LogP contribution in [0, 0.1) is 18.3 Å². The largest absolute Gasteiger partial charge is 0.469 e. The third-order valence-corrected chi connectivity index (χ3v) is 5.21. The first-order valence-corrected chi connectivity index (χ1v) is 10.2. The fraction of sp³-hybridized carbons (Fsp3) is 0.304. The quantitative estimate of drug-likeness (QED) is 0.306. The van der Waals surface area contributed by atoms with Crippen LogP contribution in [0.25, 0.3) is 11.4 Å². The van der Waals surface area contributed by atoms with Crippen molar-refractivity contribution < 1.29 is 9.53 Å². The van der Waals surface area contributed by atoms with Crippen LogP contribution < -0.4 is 11.4 Å². The zero-order chi connectivity index (χ0) is 22.5. The number of hydrogen-bond donors (Lipinski definition) is 2. The average Bonchev–Trinajstić information content (AvgIpc) is 3.07. The number of rotatable bonds is 8. The number of carbonyl (C=O) groups excluding carboxylic acids is 1. The van der Waals surface area contributed by atoms with Crippen LogP contribution in [-0.2, 0) is 16.0 Å². The van der Waals surface area contributed by atoms with Crippen molar-refractivity contribution in [2.45, 2.75) is 33.1 Å². The predicted octanol–water partition coefficient (Wildman–Crippen LogP) is 3.17. The summed E-state index contributed by atoms with van der Waals surface area (Å²) in [5.74, 6) is 0.141. The molecule has 0 saturated carbocycles. The van der Waals surface area contributed by atoms with Crippen LogP contribution in [0.4, 0.5) is 0 Å². The maximum Gasteiger partial charge on any atom is 0.355 e. The average molecular weight is 458 g/mol. The van der Waals surface area contributed by atoms with Crippen molar-refractivity contribution in [1.82, 2.24) is 14.3 Å². The number of benzene rings is 2. The molecule has 0 radical (unpaired) electrons. The summed E-state index contributed by atoms with van der Waals surface area (Å²) in [6.45, 7) is 3.81. The maximum absolute atomic E-state index is 13.0. The number of hydrogen-bond acceptors (Lipinski definition) is 5. The molecule has 170 valence electrons. The fourth-order valence-electron chi connectivity index (χ4n) is 3.60. The smallest absolute Gasteiger partial charge is 0.355 e. The summed E-state index contributed by atoms with van der Waals surface area (Å²) in [6, 6.07) is 14.3. The lowest BCUT2D eigenvalue weighted by atomic mass is 9.95. The van der Waals surface area contributed by atoms with Crippen LogP contribution in [0.15, 0.2) is 53.3 Å². The molecule has 1 atom stereocenters. The van der Waals surface area contributed by atoms with E-state index in [1.807, 2.05) is 31.2 Å². The molecule has 0 bridgehead atoms. The molecule has 0 aliphatic rings. The zero-order valence-corrected chi connectivity index (χ0v) is 19.2. The second-order valence-corrected chi connectivity index (χ2v) is 7.42. The topological polar surface area (TPSA) is 116 Å². The first-order valence-electron chi connectivity index (χ1n) is 10.2. The van der Waals surface area contributed by atoms with E-state index in [9.17, 15) is 9.59 Å². The maximum atomic E-state index is 13.0. The molecule has 8 nitrogen and oxygen atoms in total. The van der Waals surface area contributed by atoms with E-state index in [0.29, 0.717) is 29.2 Å². The Morgan fingerprint density at radius 3 is 2.25 bits per heavy atom. The summed E-state index contributed by atoms with van der Waals surface area (Å²) in [7, 11) is 1.41. The van der Waals surface area contributed by atoms with Gasteiger partial charge < -0.3 is 10.5 Å². The Bertz CT molecular complexity index is 1130. The van der Waals surface area contributed by atoms with Crippen LogP contribution in [0.2, 0.25) is 0 Å². The highest BCUT2D eigenvalue weighted by molar-refractivity contribution is 5.95. The normalized spacial score (nSPS) is 11.5. The van der Waals surface area contributed by atoms with Gasteiger partial charge in [-0.1, -0.05) is 25.5 Å². The molecule has 32 heavy (non-hydrogen) atoms. The van der Waals surface area contributed by atoms with Crippen molar-refractivity contribution in [3.8, 4) is 11.4 Å². The number of carbonyl (C=O) groups is 1. The highest BCUT2D eigenvalue weighted by Gasteiger charge is 2.19. The molecule has 9 heteroatoms. The minimum absolute atomic E-state index is 0.